The van der Waals surface area contributed by atoms with Crippen LogP contribution in [0.4, 0.5) is 5.69 Å². The Labute approximate surface area is 343 Å². The van der Waals surface area contributed by atoms with E-state index in [9.17, 15) is 0 Å². The largest absolute Gasteiger partial charge is 0.238 e. The van der Waals surface area contributed by atoms with E-state index in [2.05, 4.69) is 102 Å². The van der Waals surface area contributed by atoms with Crippen LogP contribution in [-0.4, -0.2) is 24.9 Å². The van der Waals surface area contributed by atoms with Gasteiger partial charge in [0.1, 0.15) is 0 Å². The van der Waals surface area contributed by atoms with Gasteiger partial charge in [0.05, 0.1) is 22.5 Å². The van der Waals surface area contributed by atoms with Crippen molar-refractivity contribution in [3.63, 3.8) is 0 Å². The van der Waals surface area contributed by atoms with Gasteiger partial charge in [0.15, 0.2) is 29.0 Å². The maximum Gasteiger partial charge on any atom is 0.187 e. The minimum absolute atomic E-state index is 0.596. The molecule has 0 aliphatic heterocycles. The lowest BCUT2D eigenvalue weighted by atomic mass is 10.0. The van der Waals surface area contributed by atoms with Crippen molar-refractivity contribution >= 4 is 49.1 Å². The van der Waals surface area contributed by atoms with Gasteiger partial charge in [0.25, 0.3) is 0 Å². The van der Waals surface area contributed by atoms with Gasteiger partial charge < -0.3 is 0 Å². The lowest BCUT2D eigenvalue weighted by Crippen LogP contribution is -2.00. The lowest BCUT2D eigenvalue weighted by Gasteiger charge is -2.10. The first-order chi connectivity index (χ1) is 28.6. The fourth-order valence-corrected chi connectivity index (χ4v) is 8.94. The summed E-state index contributed by atoms with van der Waals surface area (Å²) in [5, 5.41) is 1.15. The first kappa shape index (κ1) is 35.1. The van der Waals surface area contributed by atoms with E-state index in [4.69, 9.17) is 31.5 Å². The molecule has 272 valence electrons. The second kappa shape index (κ2) is 15.3. The molecule has 3 aromatic heterocycles. The standard InChI is InChI=1S/C50H30N6S2/c1-51-39-27-23-33(24-28-39)32-19-21-36(22-20-32)49-54-48(35-13-6-3-7-14-35)55-50(56-49)38-15-10-16-41(31-38)57-40-29-25-37(26-30-40)47-52-44(34-11-4-2-5-12-34)46-45(53-47)42-17-8-9-18-43(42)58-46/h2-31H. The fourth-order valence-electron chi connectivity index (χ4n) is 6.91. The Bertz CT molecular complexity index is 3120. The molecule has 0 aliphatic carbocycles. The summed E-state index contributed by atoms with van der Waals surface area (Å²) in [6.45, 7) is 7.26. The van der Waals surface area contributed by atoms with Crippen LogP contribution in [0.15, 0.2) is 192 Å². The van der Waals surface area contributed by atoms with Gasteiger partial charge in [-0.25, -0.2) is 29.8 Å². The molecule has 0 fully saturated rings. The summed E-state index contributed by atoms with van der Waals surface area (Å²) >= 11 is 3.42. The Morgan fingerprint density at radius 2 is 0.931 bits per heavy atom. The normalized spacial score (nSPS) is 11.2. The minimum Gasteiger partial charge on any atom is -0.238 e. The van der Waals surface area contributed by atoms with Crippen molar-refractivity contribution in [2.45, 2.75) is 9.79 Å². The Hall–Kier alpha value is -7.31. The van der Waals surface area contributed by atoms with Gasteiger partial charge in [-0.05, 0) is 41.5 Å². The number of thiophene rings is 1. The smallest absolute Gasteiger partial charge is 0.187 e. The second-order valence-electron chi connectivity index (χ2n) is 13.6. The molecule has 58 heavy (non-hydrogen) atoms. The average molecular weight is 779 g/mol. The van der Waals surface area contributed by atoms with Crippen LogP contribution in [0.1, 0.15) is 0 Å². The second-order valence-corrected chi connectivity index (χ2v) is 15.8. The van der Waals surface area contributed by atoms with Crippen molar-refractivity contribution in [2.75, 3.05) is 0 Å². The maximum absolute atomic E-state index is 7.26. The van der Waals surface area contributed by atoms with Gasteiger partial charge in [0, 0.05) is 47.7 Å². The topological polar surface area (TPSA) is 68.8 Å². The SMILES string of the molecule is [C-]#[N+]c1ccc(-c2ccc(-c3nc(-c4ccccc4)nc(-c4cccc(Sc5ccc(-c6nc(-c7ccccc7)c7sc8ccccc8c7n6)cc5)c4)n3)cc2)cc1. The molecule has 7 aromatic carbocycles. The Kier molecular flexibility index (Phi) is 9.28. The zero-order valence-corrected chi connectivity index (χ0v) is 32.5. The molecule has 10 aromatic rings. The van der Waals surface area contributed by atoms with Gasteiger partial charge in [-0.1, -0.05) is 163 Å². The maximum atomic E-state index is 7.26. The van der Waals surface area contributed by atoms with E-state index in [0.717, 1.165) is 70.0 Å². The predicted octanol–water partition coefficient (Wildman–Crippen LogP) is 13.7. The van der Waals surface area contributed by atoms with Crippen LogP contribution >= 0.6 is 23.1 Å². The molecule has 10 rings (SSSR count). The molecular weight excluding hydrogens is 749 g/mol. The van der Waals surface area contributed by atoms with Crippen LogP contribution < -0.4 is 0 Å². The van der Waals surface area contributed by atoms with E-state index in [1.807, 2.05) is 84.9 Å². The molecule has 0 saturated carbocycles. The molecule has 8 heteroatoms. The van der Waals surface area contributed by atoms with Gasteiger partial charge >= 0.3 is 0 Å². The fraction of sp³-hybridized carbons (Fsp3) is 0. The molecule has 3 heterocycles. The molecule has 0 aliphatic rings. The van der Waals surface area contributed by atoms with E-state index < -0.39 is 0 Å². The zero-order valence-electron chi connectivity index (χ0n) is 30.8. The molecule has 0 saturated heterocycles. The van der Waals surface area contributed by atoms with Crippen molar-refractivity contribution in [3.8, 4) is 67.9 Å². The first-order valence-electron chi connectivity index (χ1n) is 18.7. The summed E-state index contributed by atoms with van der Waals surface area (Å²) in [4.78, 5) is 30.8. The Morgan fingerprint density at radius 3 is 1.60 bits per heavy atom. The number of hydrogen-bond donors (Lipinski definition) is 0. The lowest BCUT2D eigenvalue weighted by molar-refractivity contribution is 1.07. The predicted molar refractivity (Wildman–Crippen MR) is 238 cm³/mol. The van der Waals surface area contributed by atoms with Crippen LogP contribution in [0, 0.1) is 6.57 Å². The van der Waals surface area contributed by atoms with Crippen LogP contribution in [0.25, 0.3) is 93.1 Å². The van der Waals surface area contributed by atoms with Crippen molar-refractivity contribution in [2.24, 2.45) is 0 Å². The molecular formula is C50H30N6S2. The van der Waals surface area contributed by atoms with Gasteiger partial charge in [0.2, 0.25) is 0 Å². The molecule has 0 atom stereocenters. The summed E-state index contributed by atoms with van der Waals surface area (Å²) < 4.78 is 2.30. The zero-order chi connectivity index (χ0) is 38.8. The van der Waals surface area contributed by atoms with Crippen LogP contribution in [-0.2, 0) is 0 Å². The third-order valence-electron chi connectivity index (χ3n) is 9.85. The summed E-state index contributed by atoms with van der Waals surface area (Å²) in [6.07, 6.45) is 0. The first-order valence-corrected chi connectivity index (χ1v) is 20.3. The summed E-state index contributed by atoms with van der Waals surface area (Å²) in [5.74, 6) is 2.51. The molecule has 0 radical (unpaired) electrons. The van der Waals surface area contributed by atoms with Crippen molar-refractivity contribution in [3.05, 3.63) is 193 Å². The van der Waals surface area contributed by atoms with Crippen LogP contribution in [0.3, 0.4) is 0 Å². The Morgan fingerprint density at radius 1 is 0.414 bits per heavy atom. The number of fused-ring (bicyclic) bond motifs is 3. The van der Waals surface area contributed by atoms with E-state index in [1.54, 1.807) is 23.1 Å². The number of nitrogens with zero attached hydrogens (tertiary/aromatic N) is 6. The van der Waals surface area contributed by atoms with Crippen LogP contribution in [0.2, 0.25) is 0 Å². The van der Waals surface area contributed by atoms with E-state index in [1.165, 1.54) is 4.70 Å². The average Bonchev–Trinajstić information content (AvgIpc) is 3.68. The molecule has 0 spiro atoms. The van der Waals surface area contributed by atoms with E-state index in [0.29, 0.717) is 29.0 Å². The Balaban J connectivity index is 0.956. The monoisotopic (exact) mass is 778 g/mol. The highest BCUT2D eigenvalue weighted by atomic mass is 32.2. The van der Waals surface area contributed by atoms with Crippen molar-refractivity contribution < 1.29 is 0 Å². The molecule has 0 bridgehead atoms. The summed E-state index contributed by atoms with van der Waals surface area (Å²) in [7, 11) is 0. The highest BCUT2D eigenvalue weighted by molar-refractivity contribution is 7.99. The number of aromatic nitrogens is 5. The quantitative estimate of drug-likeness (QED) is 0.143. The number of rotatable bonds is 8. The number of hydrogen-bond acceptors (Lipinski definition) is 7. The molecule has 0 amide bonds. The highest BCUT2D eigenvalue weighted by Gasteiger charge is 2.17. The third-order valence-corrected chi connectivity index (χ3v) is 12.0. The number of benzene rings is 7. The van der Waals surface area contributed by atoms with Gasteiger partial charge in [-0.3, -0.25) is 0 Å². The molecule has 0 N–H and O–H groups in total. The molecule has 0 unspecified atom stereocenters. The van der Waals surface area contributed by atoms with Crippen LogP contribution in [0.5, 0.6) is 0 Å². The molecule has 6 nitrogen and oxygen atoms in total. The summed E-state index contributed by atoms with van der Waals surface area (Å²) in [5.41, 5.74) is 9.40. The van der Waals surface area contributed by atoms with E-state index in [-0.39, 0.29) is 0 Å². The van der Waals surface area contributed by atoms with Gasteiger partial charge in [-0.2, -0.15) is 0 Å². The van der Waals surface area contributed by atoms with Crippen molar-refractivity contribution in [1.82, 2.24) is 24.9 Å². The van der Waals surface area contributed by atoms with E-state index >= 15 is 0 Å². The van der Waals surface area contributed by atoms with Crippen molar-refractivity contribution in [1.29, 1.82) is 0 Å². The third kappa shape index (κ3) is 7.01. The minimum atomic E-state index is 0.596. The summed E-state index contributed by atoms with van der Waals surface area (Å²) in [6, 6.07) is 61.4. The van der Waals surface area contributed by atoms with Gasteiger partial charge in [-0.15, -0.1) is 11.3 Å². The highest BCUT2D eigenvalue weighted by Crippen LogP contribution is 2.40.